The van der Waals surface area contributed by atoms with Crippen LogP contribution in [-0.2, 0) is 0 Å². The Labute approximate surface area is 124 Å². The molecule has 0 amide bonds. The Morgan fingerprint density at radius 1 is 1.05 bits per heavy atom. The molecule has 4 rings (SSSR count). The van der Waals surface area contributed by atoms with Crippen molar-refractivity contribution in [1.82, 2.24) is 9.97 Å². The molecule has 0 unspecified atom stereocenters. The number of benzene rings is 1. The number of carbonyl (C=O) groups is 1. The van der Waals surface area contributed by atoms with E-state index in [0.29, 0.717) is 11.1 Å². The molecule has 0 saturated carbocycles. The van der Waals surface area contributed by atoms with Crippen LogP contribution >= 0.6 is 11.3 Å². The molecule has 0 N–H and O–H groups in total. The molecule has 0 aliphatic rings. The Kier molecular flexibility index (Phi) is 2.75. The summed E-state index contributed by atoms with van der Waals surface area (Å²) < 4.78 is 1.02. The molecular weight excluding hydrogens is 280 g/mol. The standard InChI is InChI=1S/C17H10N2OS/c20-17(12-9-15-14(19-10-12)6-8-21-15)13-5-1-3-11-4-2-7-18-16(11)13/h1-10H. The zero-order valence-electron chi connectivity index (χ0n) is 11.0. The summed E-state index contributed by atoms with van der Waals surface area (Å²) in [4.78, 5) is 21.4. The average molecular weight is 290 g/mol. The van der Waals surface area contributed by atoms with Gasteiger partial charge in [0.1, 0.15) is 0 Å². The van der Waals surface area contributed by atoms with Crippen LogP contribution < -0.4 is 0 Å². The number of rotatable bonds is 2. The summed E-state index contributed by atoms with van der Waals surface area (Å²) in [7, 11) is 0. The maximum absolute atomic E-state index is 12.8. The lowest BCUT2D eigenvalue weighted by atomic mass is 10.0. The van der Waals surface area contributed by atoms with Crippen molar-refractivity contribution in [3.05, 3.63) is 71.4 Å². The summed E-state index contributed by atoms with van der Waals surface area (Å²) >= 11 is 1.59. The SMILES string of the molecule is O=C(c1cnc2ccsc2c1)c1cccc2cccnc12. The molecule has 0 radical (unpaired) electrons. The molecule has 4 heteroatoms. The van der Waals surface area contributed by atoms with E-state index in [4.69, 9.17) is 0 Å². The molecule has 0 saturated heterocycles. The van der Waals surface area contributed by atoms with Gasteiger partial charge in [0.2, 0.25) is 0 Å². The number of nitrogens with zero attached hydrogens (tertiary/aromatic N) is 2. The monoisotopic (exact) mass is 290 g/mol. The first-order valence-corrected chi connectivity index (χ1v) is 7.42. The summed E-state index contributed by atoms with van der Waals surface area (Å²) in [5.74, 6) is -0.0397. The second kappa shape index (κ2) is 4.75. The first-order valence-electron chi connectivity index (χ1n) is 6.54. The molecular formula is C17H10N2OS. The minimum atomic E-state index is -0.0397. The average Bonchev–Trinajstić information content (AvgIpc) is 3.01. The van der Waals surface area contributed by atoms with Crippen molar-refractivity contribution in [1.29, 1.82) is 0 Å². The molecule has 0 aliphatic heterocycles. The molecule has 0 aliphatic carbocycles. The van der Waals surface area contributed by atoms with E-state index in [1.54, 1.807) is 23.7 Å². The van der Waals surface area contributed by atoms with Gasteiger partial charge in [0.05, 0.1) is 15.7 Å². The first kappa shape index (κ1) is 12.2. The molecule has 0 spiro atoms. The molecule has 0 fully saturated rings. The first-order chi connectivity index (χ1) is 10.3. The number of pyridine rings is 2. The highest BCUT2D eigenvalue weighted by Gasteiger charge is 2.14. The summed E-state index contributed by atoms with van der Waals surface area (Å²) in [6, 6.07) is 13.3. The van der Waals surface area contributed by atoms with E-state index >= 15 is 0 Å². The van der Waals surface area contributed by atoms with E-state index in [0.717, 1.165) is 21.1 Å². The second-order valence-electron chi connectivity index (χ2n) is 4.74. The second-order valence-corrected chi connectivity index (χ2v) is 5.69. The molecule has 1 aromatic carbocycles. The van der Waals surface area contributed by atoms with Gasteiger partial charge in [-0.1, -0.05) is 18.2 Å². The van der Waals surface area contributed by atoms with Gasteiger partial charge in [0.15, 0.2) is 5.78 Å². The normalized spacial score (nSPS) is 11.0. The van der Waals surface area contributed by atoms with Gasteiger partial charge < -0.3 is 0 Å². The highest BCUT2D eigenvalue weighted by Crippen LogP contribution is 2.23. The quantitative estimate of drug-likeness (QED) is 0.522. The highest BCUT2D eigenvalue weighted by molar-refractivity contribution is 7.17. The van der Waals surface area contributed by atoms with E-state index in [-0.39, 0.29) is 5.78 Å². The fraction of sp³-hybridized carbons (Fsp3) is 0. The molecule has 100 valence electrons. The zero-order valence-corrected chi connectivity index (χ0v) is 11.8. The van der Waals surface area contributed by atoms with Crippen molar-refractivity contribution >= 4 is 38.2 Å². The molecule has 3 aromatic heterocycles. The molecule has 0 bridgehead atoms. The fourth-order valence-corrected chi connectivity index (χ4v) is 3.19. The molecule has 0 atom stereocenters. The van der Waals surface area contributed by atoms with Crippen molar-refractivity contribution in [3.63, 3.8) is 0 Å². The predicted octanol–water partition coefficient (Wildman–Crippen LogP) is 4.08. The van der Waals surface area contributed by atoms with Gasteiger partial charge in [0.25, 0.3) is 0 Å². The van der Waals surface area contributed by atoms with Gasteiger partial charge in [-0.25, -0.2) is 0 Å². The van der Waals surface area contributed by atoms with Gasteiger partial charge in [-0.2, -0.15) is 0 Å². The maximum atomic E-state index is 12.8. The Morgan fingerprint density at radius 3 is 2.90 bits per heavy atom. The van der Waals surface area contributed by atoms with Gasteiger partial charge in [-0.15, -0.1) is 11.3 Å². The molecule has 21 heavy (non-hydrogen) atoms. The lowest BCUT2D eigenvalue weighted by Gasteiger charge is -2.05. The number of hydrogen-bond donors (Lipinski definition) is 0. The Balaban J connectivity index is 1.89. The summed E-state index contributed by atoms with van der Waals surface area (Å²) in [5.41, 5.74) is 2.87. The summed E-state index contributed by atoms with van der Waals surface area (Å²) in [5, 5.41) is 2.94. The molecule has 3 heterocycles. The van der Waals surface area contributed by atoms with Crippen LogP contribution in [0.15, 0.2) is 60.2 Å². The molecule has 3 nitrogen and oxygen atoms in total. The molecule has 4 aromatic rings. The van der Waals surface area contributed by atoms with E-state index < -0.39 is 0 Å². The van der Waals surface area contributed by atoms with Crippen molar-refractivity contribution in [2.75, 3.05) is 0 Å². The van der Waals surface area contributed by atoms with Crippen LogP contribution in [0, 0.1) is 0 Å². The Bertz CT molecular complexity index is 969. The van der Waals surface area contributed by atoms with Crippen LogP contribution in [0.3, 0.4) is 0 Å². The minimum Gasteiger partial charge on any atom is -0.288 e. The van der Waals surface area contributed by atoms with E-state index in [9.17, 15) is 4.79 Å². The van der Waals surface area contributed by atoms with Crippen molar-refractivity contribution < 1.29 is 4.79 Å². The number of thiophene rings is 1. The lowest BCUT2D eigenvalue weighted by Crippen LogP contribution is -2.03. The van der Waals surface area contributed by atoms with Gasteiger partial charge in [-0.05, 0) is 29.6 Å². The number of para-hydroxylation sites is 1. The van der Waals surface area contributed by atoms with Gasteiger partial charge in [0, 0.05) is 28.9 Å². The highest BCUT2D eigenvalue weighted by atomic mass is 32.1. The fourth-order valence-electron chi connectivity index (χ4n) is 2.41. The third-order valence-electron chi connectivity index (χ3n) is 3.44. The van der Waals surface area contributed by atoms with Gasteiger partial charge in [-0.3, -0.25) is 14.8 Å². The van der Waals surface area contributed by atoms with Crippen LogP contribution in [0.5, 0.6) is 0 Å². The Hall–Kier alpha value is -2.59. The number of ketones is 1. The number of hydrogen-bond acceptors (Lipinski definition) is 4. The van der Waals surface area contributed by atoms with Crippen LogP contribution in [0.4, 0.5) is 0 Å². The minimum absolute atomic E-state index is 0.0397. The van der Waals surface area contributed by atoms with Crippen LogP contribution in [0.2, 0.25) is 0 Å². The van der Waals surface area contributed by atoms with Gasteiger partial charge >= 0.3 is 0 Å². The third-order valence-corrected chi connectivity index (χ3v) is 4.30. The number of fused-ring (bicyclic) bond motifs is 2. The maximum Gasteiger partial charge on any atom is 0.196 e. The van der Waals surface area contributed by atoms with Crippen LogP contribution in [-0.4, -0.2) is 15.8 Å². The summed E-state index contributed by atoms with van der Waals surface area (Å²) in [6.07, 6.45) is 3.35. The number of aromatic nitrogens is 2. The zero-order chi connectivity index (χ0) is 14.2. The van der Waals surface area contributed by atoms with Crippen molar-refractivity contribution in [2.45, 2.75) is 0 Å². The third kappa shape index (κ3) is 2.00. The topological polar surface area (TPSA) is 42.9 Å². The van der Waals surface area contributed by atoms with Crippen LogP contribution in [0.25, 0.3) is 21.1 Å². The van der Waals surface area contributed by atoms with Crippen molar-refractivity contribution in [2.24, 2.45) is 0 Å². The largest absolute Gasteiger partial charge is 0.288 e. The van der Waals surface area contributed by atoms with Crippen LogP contribution in [0.1, 0.15) is 15.9 Å². The van der Waals surface area contributed by atoms with Crippen molar-refractivity contribution in [3.8, 4) is 0 Å². The van der Waals surface area contributed by atoms with E-state index in [1.807, 2.05) is 47.8 Å². The smallest absolute Gasteiger partial charge is 0.196 e. The summed E-state index contributed by atoms with van der Waals surface area (Å²) in [6.45, 7) is 0. The van der Waals surface area contributed by atoms with E-state index in [1.165, 1.54) is 0 Å². The number of carbonyl (C=O) groups excluding carboxylic acids is 1. The van der Waals surface area contributed by atoms with E-state index in [2.05, 4.69) is 9.97 Å². The lowest BCUT2D eigenvalue weighted by molar-refractivity contribution is 0.104. The predicted molar refractivity (Wildman–Crippen MR) is 84.8 cm³/mol. The Morgan fingerprint density at radius 2 is 1.95 bits per heavy atom.